The Morgan fingerprint density at radius 1 is 1.08 bits per heavy atom. The lowest BCUT2D eigenvalue weighted by molar-refractivity contribution is -0.118. The first-order valence-corrected chi connectivity index (χ1v) is 15.6. The van der Waals surface area contributed by atoms with Crippen molar-refractivity contribution >= 4 is 64.7 Å². The molecule has 0 radical (unpaired) electrons. The Kier molecular flexibility index (Phi) is 9.64. The average molecular weight is 592 g/mol. The number of anilines is 1. The zero-order valence-corrected chi connectivity index (χ0v) is 23.3. The number of rotatable bonds is 9. The zero-order valence-electron chi connectivity index (χ0n) is 20.0. The highest BCUT2D eigenvalue weighted by molar-refractivity contribution is 7.91. The molecular weight excluding hydrogens is 565 g/mol. The van der Waals surface area contributed by atoms with Crippen LogP contribution in [0.2, 0.25) is 0 Å². The highest BCUT2D eigenvalue weighted by Gasteiger charge is 2.25. The van der Waals surface area contributed by atoms with Gasteiger partial charge in [0.25, 0.3) is 0 Å². The van der Waals surface area contributed by atoms with Gasteiger partial charge in [-0.1, -0.05) is 11.3 Å². The van der Waals surface area contributed by atoms with Crippen LogP contribution < -0.4 is 4.90 Å². The molecule has 2 aromatic carbocycles. The summed E-state index contributed by atoms with van der Waals surface area (Å²) >= 11 is 1.18. The number of halogens is 2. The van der Waals surface area contributed by atoms with Gasteiger partial charge in [0.2, 0.25) is 5.91 Å². The molecule has 37 heavy (non-hydrogen) atoms. The fourth-order valence-corrected chi connectivity index (χ4v) is 6.75. The molecule has 0 aliphatic carbocycles. The minimum absolute atomic E-state index is 0. The van der Waals surface area contributed by atoms with Gasteiger partial charge in [0.05, 0.1) is 39.0 Å². The Labute approximate surface area is 225 Å². The van der Waals surface area contributed by atoms with E-state index in [0.29, 0.717) is 35.1 Å². The molecule has 202 valence electrons. The lowest BCUT2D eigenvalue weighted by Gasteiger charge is -2.29. The monoisotopic (exact) mass is 591 g/mol. The summed E-state index contributed by atoms with van der Waals surface area (Å²) in [5, 5.41) is 0.369. The number of hydrogen-bond donors (Lipinski definition) is 0. The number of hydrogen-bond acceptors (Lipinski definition) is 9. The maximum Gasteiger partial charge on any atom is 0.229 e. The van der Waals surface area contributed by atoms with Gasteiger partial charge in [0.15, 0.2) is 24.8 Å². The molecular formula is C23H27ClFN3O6S3. The maximum absolute atomic E-state index is 13.3. The summed E-state index contributed by atoms with van der Waals surface area (Å²) in [6.45, 7) is 3.47. The van der Waals surface area contributed by atoms with Crippen LogP contribution in [-0.2, 0) is 29.2 Å². The van der Waals surface area contributed by atoms with Crippen molar-refractivity contribution in [1.82, 2.24) is 9.88 Å². The molecule has 1 aliphatic rings. The fourth-order valence-electron chi connectivity index (χ4n) is 3.75. The summed E-state index contributed by atoms with van der Waals surface area (Å²) in [4.78, 5) is 21.5. The summed E-state index contributed by atoms with van der Waals surface area (Å²) in [5.74, 6) is -1.40. The fraction of sp³-hybridized carbons (Fsp3) is 0.391. The van der Waals surface area contributed by atoms with Crippen molar-refractivity contribution in [3.05, 3.63) is 48.3 Å². The molecule has 1 amide bonds. The van der Waals surface area contributed by atoms with E-state index in [1.54, 1.807) is 6.07 Å². The van der Waals surface area contributed by atoms with E-state index >= 15 is 0 Å². The smallest absolute Gasteiger partial charge is 0.229 e. The van der Waals surface area contributed by atoms with Gasteiger partial charge in [-0.3, -0.25) is 14.6 Å². The van der Waals surface area contributed by atoms with Crippen molar-refractivity contribution in [3.63, 3.8) is 0 Å². The SMILES string of the molecule is CS(=O)(=O)c1ccc2nc(N(CCN3CCOCC3)C(=O)CCS(=O)(=O)c3ccc(F)cc3)sc2c1.Cl. The third-order valence-corrected chi connectivity index (χ3v) is 9.69. The summed E-state index contributed by atoms with van der Waals surface area (Å²) in [5.41, 5.74) is 0.547. The second kappa shape index (κ2) is 12.1. The van der Waals surface area contributed by atoms with Crippen molar-refractivity contribution in [1.29, 1.82) is 0 Å². The van der Waals surface area contributed by atoms with Gasteiger partial charge in [-0.25, -0.2) is 26.2 Å². The molecule has 0 atom stereocenters. The molecule has 1 aliphatic heterocycles. The molecule has 9 nitrogen and oxygen atoms in total. The molecule has 2 heterocycles. The van der Waals surface area contributed by atoms with Gasteiger partial charge in [-0.05, 0) is 42.5 Å². The number of sulfone groups is 2. The molecule has 1 fully saturated rings. The Balaban J connectivity index is 0.00000380. The summed E-state index contributed by atoms with van der Waals surface area (Å²) < 4.78 is 68.5. The van der Waals surface area contributed by atoms with Crippen LogP contribution in [0.1, 0.15) is 6.42 Å². The van der Waals surface area contributed by atoms with E-state index in [0.717, 1.165) is 31.5 Å². The number of benzene rings is 2. The van der Waals surface area contributed by atoms with Crippen LogP contribution in [0.15, 0.2) is 52.3 Å². The van der Waals surface area contributed by atoms with Gasteiger partial charge < -0.3 is 4.74 Å². The summed E-state index contributed by atoms with van der Waals surface area (Å²) in [6, 6.07) is 9.07. The molecule has 0 saturated carbocycles. The lowest BCUT2D eigenvalue weighted by Crippen LogP contribution is -2.43. The van der Waals surface area contributed by atoms with Crippen molar-refractivity contribution in [2.24, 2.45) is 0 Å². The number of amides is 1. The van der Waals surface area contributed by atoms with Gasteiger partial charge in [-0.15, -0.1) is 12.4 Å². The van der Waals surface area contributed by atoms with E-state index in [1.807, 2.05) is 0 Å². The molecule has 4 rings (SSSR count). The van der Waals surface area contributed by atoms with Crippen LogP contribution in [0.25, 0.3) is 10.2 Å². The predicted molar refractivity (Wildman–Crippen MR) is 143 cm³/mol. The van der Waals surface area contributed by atoms with Crippen LogP contribution in [0.5, 0.6) is 0 Å². The van der Waals surface area contributed by atoms with Crippen LogP contribution in [0, 0.1) is 5.82 Å². The van der Waals surface area contributed by atoms with E-state index in [2.05, 4.69) is 9.88 Å². The first-order chi connectivity index (χ1) is 17.0. The van der Waals surface area contributed by atoms with Crippen molar-refractivity contribution in [2.75, 3.05) is 56.3 Å². The highest BCUT2D eigenvalue weighted by Crippen LogP contribution is 2.31. The van der Waals surface area contributed by atoms with Crippen molar-refractivity contribution in [3.8, 4) is 0 Å². The lowest BCUT2D eigenvalue weighted by atomic mass is 10.3. The number of carbonyl (C=O) groups is 1. The minimum Gasteiger partial charge on any atom is -0.379 e. The van der Waals surface area contributed by atoms with Gasteiger partial charge in [-0.2, -0.15) is 0 Å². The van der Waals surface area contributed by atoms with Crippen LogP contribution in [0.3, 0.4) is 0 Å². The minimum atomic E-state index is -3.79. The first-order valence-electron chi connectivity index (χ1n) is 11.2. The third-order valence-electron chi connectivity index (χ3n) is 5.81. The number of carbonyl (C=O) groups excluding carboxylic acids is 1. The Morgan fingerprint density at radius 2 is 1.73 bits per heavy atom. The number of aromatic nitrogens is 1. The van der Waals surface area contributed by atoms with E-state index < -0.39 is 37.2 Å². The Bertz CT molecular complexity index is 1460. The molecule has 0 bridgehead atoms. The molecule has 1 saturated heterocycles. The number of fused-ring (bicyclic) bond motifs is 1. The summed E-state index contributed by atoms with van der Waals surface area (Å²) in [6.07, 6.45) is 0.836. The van der Waals surface area contributed by atoms with Gasteiger partial charge >= 0.3 is 0 Å². The standard InChI is InChI=1S/C23H26FN3O6S3.ClH/c1-35(29,30)19-6-7-20-21(16-19)34-23(25-20)27(10-9-26-11-13-33-14-12-26)22(28)8-15-36(31,32)18-4-2-17(24)3-5-18;/h2-7,16H,8-15H2,1H3;1H. The van der Waals surface area contributed by atoms with E-state index in [9.17, 15) is 26.0 Å². The van der Waals surface area contributed by atoms with Crippen LogP contribution >= 0.6 is 23.7 Å². The summed E-state index contributed by atoms with van der Waals surface area (Å²) in [7, 11) is -7.21. The zero-order chi connectivity index (χ0) is 25.9. The number of thiazole rings is 1. The van der Waals surface area contributed by atoms with E-state index in [1.165, 1.54) is 40.5 Å². The number of nitrogens with zero attached hydrogens (tertiary/aromatic N) is 3. The second-order valence-electron chi connectivity index (χ2n) is 8.42. The van der Waals surface area contributed by atoms with Crippen LogP contribution in [-0.4, -0.2) is 84.0 Å². The Hall–Kier alpha value is -2.16. The molecule has 1 aromatic heterocycles. The molecule has 14 heteroatoms. The normalized spacial score (nSPS) is 14.9. The van der Waals surface area contributed by atoms with Crippen molar-refractivity contribution < 1.29 is 30.8 Å². The predicted octanol–water partition coefficient (Wildman–Crippen LogP) is 2.79. The van der Waals surface area contributed by atoms with E-state index in [-0.39, 0.29) is 35.2 Å². The number of morpholine rings is 1. The quantitative estimate of drug-likeness (QED) is 0.349. The third kappa shape index (κ3) is 7.45. The first kappa shape index (κ1) is 29.4. The molecule has 0 spiro atoms. The van der Waals surface area contributed by atoms with Gasteiger partial charge in [0, 0.05) is 38.9 Å². The highest BCUT2D eigenvalue weighted by atomic mass is 35.5. The largest absolute Gasteiger partial charge is 0.379 e. The average Bonchev–Trinajstić information content (AvgIpc) is 3.26. The van der Waals surface area contributed by atoms with Crippen molar-refractivity contribution in [2.45, 2.75) is 16.2 Å². The van der Waals surface area contributed by atoms with E-state index in [4.69, 9.17) is 4.74 Å². The molecule has 3 aromatic rings. The second-order valence-corrected chi connectivity index (χ2v) is 13.6. The van der Waals surface area contributed by atoms with Gasteiger partial charge in [0.1, 0.15) is 5.82 Å². The Morgan fingerprint density at radius 3 is 2.38 bits per heavy atom. The van der Waals surface area contributed by atoms with Crippen LogP contribution in [0.4, 0.5) is 9.52 Å². The molecule has 0 N–H and O–H groups in total. The maximum atomic E-state index is 13.3. The number of ether oxygens (including phenoxy) is 1. The molecule has 0 unspecified atom stereocenters. The topological polar surface area (TPSA) is 114 Å².